The van der Waals surface area contributed by atoms with Gasteiger partial charge in [-0.2, -0.15) is 0 Å². The Balaban J connectivity index is 2.97. The fourth-order valence-corrected chi connectivity index (χ4v) is 1.74. The molecule has 1 aromatic rings. The zero-order valence-corrected chi connectivity index (χ0v) is 12.0. The summed E-state index contributed by atoms with van der Waals surface area (Å²) in [5.41, 5.74) is 1.05. The van der Waals surface area contributed by atoms with Crippen LogP contribution in [0.3, 0.4) is 0 Å². The van der Waals surface area contributed by atoms with Crippen molar-refractivity contribution >= 4 is 5.91 Å². The molecule has 0 N–H and O–H groups in total. The van der Waals surface area contributed by atoms with E-state index in [2.05, 4.69) is 20.8 Å². The zero-order valence-electron chi connectivity index (χ0n) is 12.0. The molecule has 100 valence electrons. The predicted octanol–water partition coefficient (Wildman–Crippen LogP) is 3.64. The highest BCUT2D eigenvalue weighted by atomic mass is 19.1. The number of nitrogens with zero attached hydrogens (tertiary/aromatic N) is 1. The Hall–Kier alpha value is -1.38. The predicted molar refractivity (Wildman–Crippen MR) is 72.1 cm³/mol. The first-order chi connectivity index (χ1) is 8.14. The summed E-state index contributed by atoms with van der Waals surface area (Å²) in [6.45, 7) is 9.97. The quantitative estimate of drug-likeness (QED) is 0.785. The maximum Gasteiger partial charge on any atom is 0.253 e. The van der Waals surface area contributed by atoms with Crippen LogP contribution in [0.2, 0.25) is 0 Å². The molecule has 0 saturated heterocycles. The third-order valence-corrected chi connectivity index (χ3v) is 3.56. The van der Waals surface area contributed by atoms with Gasteiger partial charge in [-0.15, -0.1) is 0 Å². The average molecular weight is 251 g/mol. The number of aryl methyl sites for hydroxylation is 1. The molecule has 0 aliphatic carbocycles. The minimum atomic E-state index is -0.280. The molecule has 0 bridgehead atoms. The normalized spacial score (nSPS) is 13.3. The van der Waals surface area contributed by atoms with Crippen LogP contribution >= 0.6 is 0 Å². The van der Waals surface area contributed by atoms with Gasteiger partial charge in [-0.3, -0.25) is 4.79 Å². The Morgan fingerprint density at radius 3 is 2.33 bits per heavy atom. The van der Waals surface area contributed by atoms with Gasteiger partial charge in [-0.1, -0.05) is 20.8 Å². The van der Waals surface area contributed by atoms with E-state index in [0.29, 0.717) is 11.1 Å². The van der Waals surface area contributed by atoms with Gasteiger partial charge in [0.1, 0.15) is 5.82 Å². The van der Waals surface area contributed by atoms with Crippen molar-refractivity contribution in [3.05, 3.63) is 35.1 Å². The maximum atomic E-state index is 13.2. The number of amides is 1. The highest BCUT2D eigenvalue weighted by Gasteiger charge is 2.27. The smallest absolute Gasteiger partial charge is 0.253 e. The third-order valence-electron chi connectivity index (χ3n) is 3.56. The van der Waals surface area contributed by atoms with Gasteiger partial charge in [0.25, 0.3) is 5.91 Å². The topological polar surface area (TPSA) is 20.3 Å². The summed E-state index contributed by atoms with van der Waals surface area (Å²) in [6.07, 6.45) is 0. The van der Waals surface area contributed by atoms with E-state index in [9.17, 15) is 9.18 Å². The molecule has 0 spiro atoms. The summed E-state index contributed by atoms with van der Waals surface area (Å²) < 4.78 is 13.2. The first-order valence-corrected chi connectivity index (χ1v) is 6.18. The zero-order chi connectivity index (χ0) is 14.1. The lowest BCUT2D eigenvalue weighted by molar-refractivity contribution is 0.0629. The molecule has 0 fully saturated rings. The molecule has 1 aromatic carbocycles. The number of rotatable bonds is 2. The molecule has 3 heteroatoms. The molecular weight excluding hydrogens is 229 g/mol. The summed E-state index contributed by atoms with van der Waals surface area (Å²) in [5, 5.41) is 0. The first-order valence-electron chi connectivity index (χ1n) is 6.18. The molecule has 0 radical (unpaired) electrons. The van der Waals surface area contributed by atoms with Gasteiger partial charge in [-0.25, -0.2) is 4.39 Å². The standard InChI is InChI=1S/C15H22FNO/c1-10-9-12(7-8-13(10)16)14(18)17(6)11(2)15(3,4)5/h7-9,11H,1-6H3. The minimum Gasteiger partial charge on any atom is -0.338 e. The van der Waals surface area contributed by atoms with Crippen LogP contribution in [-0.4, -0.2) is 23.9 Å². The first kappa shape index (κ1) is 14.7. The number of hydrogen-bond acceptors (Lipinski definition) is 1. The molecule has 0 aliphatic heterocycles. The van der Waals surface area contributed by atoms with Gasteiger partial charge < -0.3 is 4.90 Å². The second-order valence-corrected chi connectivity index (χ2v) is 5.92. The lowest BCUT2D eigenvalue weighted by Gasteiger charge is -2.35. The van der Waals surface area contributed by atoms with Gasteiger partial charge in [0.2, 0.25) is 0 Å². The molecule has 1 rings (SSSR count). The fourth-order valence-electron chi connectivity index (χ4n) is 1.74. The number of carbonyl (C=O) groups excluding carboxylic acids is 1. The lowest BCUT2D eigenvalue weighted by Crippen LogP contribution is -2.43. The molecule has 0 aliphatic rings. The molecule has 0 saturated carbocycles. The van der Waals surface area contributed by atoms with Crippen LogP contribution in [0.25, 0.3) is 0 Å². The van der Waals surface area contributed by atoms with Crippen LogP contribution in [0.4, 0.5) is 4.39 Å². The average Bonchev–Trinajstić information content (AvgIpc) is 2.28. The lowest BCUT2D eigenvalue weighted by atomic mass is 9.87. The molecule has 1 atom stereocenters. The summed E-state index contributed by atoms with van der Waals surface area (Å²) in [7, 11) is 1.79. The van der Waals surface area contributed by atoms with E-state index in [1.165, 1.54) is 12.1 Å². The van der Waals surface area contributed by atoms with E-state index in [4.69, 9.17) is 0 Å². The van der Waals surface area contributed by atoms with Crippen molar-refractivity contribution in [2.75, 3.05) is 7.05 Å². The van der Waals surface area contributed by atoms with Gasteiger partial charge in [0, 0.05) is 18.7 Å². The van der Waals surface area contributed by atoms with E-state index in [0.717, 1.165) is 0 Å². The van der Waals surface area contributed by atoms with Crippen molar-refractivity contribution in [1.29, 1.82) is 0 Å². The van der Waals surface area contributed by atoms with Crippen molar-refractivity contribution in [2.45, 2.75) is 40.7 Å². The van der Waals surface area contributed by atoms with Crippen molar-refractivity contribution in [2.24, 2.45) is 5.41 Å². The summed E-state index contributed by atoms with van der Waals surface area (Å²) in [6, 6.07) is 4.59. The Bertz CT molecular complexity index is 448. The van der Waals surface area contributed by atoms with Crippen LogP contribution in [0.5, 0.6) is 0 Å². The largest absolute Gasteiger partial charge is 0.338 e. The molecular formula is C15H22FNO. The molecule has 1 amide bonds. The van der Waals surface area contributed by atoms with E-state index < -0.39 is 0 Å². The summed E-state index contributed by atoms with van der Waals surface area (Å²) >= 11 is 0. The number of carbonyl (C=O) groups is 1. The Labute approximate surface area is 109 Å². The van der Waals surface area contributed by atoms with Crippen LogP contribution in [0.15, 0.2) is 18.2 Å². The van der Waals surface area contributed by atoms with Crippen LogP contribution in [0.1, 0.15) is 43.6 Å². The molecule has 18 heavy (non-hydrogen) atoms. The molecule has 0 heterocycles. The number of hydrogen-bond donors (Lipinski definition) is 0. The molecule has 1 unspecified atom stereocenters. The van der Waals surface area contributed by atoms with Gasteiger partial charge in [0.05, 0.1) is 0 Å². The molecule has 0 aromatic heterocycles. The minimum absolute atomic E-state index is 0.0134. The summed E-state index contributed by atoms with van der Waals surface area (Å²) in [5.74, 6) is -0.349. The van der Waals surface area contributed by atoms with Gasteiger partial charge >= 0.3 is 0 Å². The second kappa shape index (κ2) is 5.09. The van der Waals surface area contributed by atoms with Gasteiger partial charge in [0.15, 0.2) is 0 Å². The van der Waals surface area contributed by atoms with E-state index in [-0.39, 0.29) is 23.2 Å². The van der Waals surface area contributed by atoms with Crippen molar-refractivity contribution < 1.29 is 9.18 Å². The summed E-state index contributed by atoms with van der Waals surface area (Å²) in [4.78, 5) is 14.0. The van der Waals surface area contributed by atoms with Crippen LogP contribution < -0.4 is 0 Å². The molecule has 2 nitrogen and oxygen atoms in total. The van der Waals surface area contributed by atoms with Crippen LogP contribution in [-0.2, 0) is 0 Å². The Morgan fingerprint density at radius 1 is 1.33 bits per heavy atom. The Morgan fingerprint density at radius 2 is 1.89 bits per heavy atom. The second-order valence-electron chi connectivity index (χ2n) is 5.92. The van der Waals surface area contributed by atoms with E-state index >= 15 is 0 Å². The van der Waals surface area contributed by atoms with Crippen molar-refractivity contribution in [1.82, 2.24) is 4.90 Å². The van der Waals surface area contributed by atoms with Crippen molar-refractivity contribution in [3.8, 4) is 0 Å². The maximum absolute atomic E-state index is 13.2. The van der Waals surface area contributed by atoms with Crippen LogP contribution in [0, 0.1) is 18.2 Å². The highest BCUT2D eigenvalue weighted by molar-refractivity contribution is 5.94. The number of benzene rings is 1. The fraction of sp³-hybridized carbons (Fsp3) is 0.533. The van der Waals surface area contributed by atoms with E-state index in [1.807, 2.05) is 6.92 Å². The third kappa shape index (κ3) is 3.09. The monoisotopic (exact) mass is 251 g/mol. The highest BCUT2D eigenvalue weighted by Crippen LogP contribution is 2.24. The van der Waals surface area contributed by atoms with Crippen molar-refractivity contribution in [3.63, 3.8) is 0 Å². The SMILES string of the molecule is Cc1cc(C(=O)N(C)C(C)C(C)(C)C)ccc1F. The van der Waals surface area contributed by atoms with E-state index in [1.54, 1.807) is 24.9 Å². The Kier molecular flexibility index (Phi) is 4.15. The van der Waals surface area contributed by atoms with Gasteiger partial charge in [-0.05, 0) is 43.0 Å². The number of halogens is 1.